The van der Waals surface area contributed by atoms with Crippen LogP contribution in [0.1, 0.15) is 41.0 Å². The molecule has 0 spiro atoms. The Labute approximate surface area is 142 Å². The summed E-state index contributed by atoms with van der Waals surface area (Å²) in [6.45, 7) is 10.5. The van der Waals surface area contributed by atoms with Gasteiger partial charge in [0.1, 0.15) is 18.3 Å². The van der Waals surface area contributed by atoms with E-state index >= 15 is 0 Å². The Bertz CT molecular complexity index is 782. The molecular weight excluding hydrogens is 306 g/mol. The van der Waals surface area contributed by atoms with Gasteiger partial charge in [-0.1, -0.05) is 34.6 Å². The minimum Gasteiger partial charge on any atom is -0.351 e. The number of hydrogen-bond donors (Lipinski definition) is 1. The number of rotatable bonds is 5. The summed E-state index contributed by atoms with van der Waals surface area (Å²) in [5, 5.41) is 7.52. The quantitative estimate of drug-likeness (QED) is 0.903. The van der Waals surface area contributed by atoms with Crippen LogP contribution in [0.5, 0.6) is 0 Å². The van der Waals surface area contributed by atoms with Crippen molar-refractivity contribution in [2.45, 2.75) is 53.6 Å². The van der Waals surface area contributed by atoms with Crippen molar-refractivity contribution in [2.24, 2.45) is 18.4 Å². The standard InChI is InChI=1S/C17H27N5O2/c1-11(2)7-13(17(3,4)5)20-14(23)9-22-10-18-15-12(16(22)24)8-19-21(15)6/h8,10-11,13H,7,9H2,1-6H3,(H,20,23). The monoisotopic (exact) mass is 333 g/mol. The number of fused-ring (bicyclic) bond motifs is 1. The Morgan fingerprint density at radius 2 is 2.00 bits per heavy atom. The minimum absolute atomic E-state index is 0.0403. The van der Waals surface area contributed by atoms with Gasteiger partial charge in [-0.25, -0.2) is 4.98 Å². The highest BCUT2D eigenvalue weighted by Crippen LogP contribution is 2.24. The van der Waals surface area contributed by atoms with Gasteiger partial charge in [0.05, 0.1) is 6.20 Å². The lowest BCUT2D eigenvalue weighted by Gasteiger charge is -2.33. The minimum atomic E-state index is -0.251. The average molecular weight is 333 g/mol. The Morgan fingerprint density at radius 1 is 1.33 bits per heavy atom. The van der Waals surface area contributed by atoms with Gasteiger partial charge in [0.25, 0.3) is 5.56 Å². The van der Waals surface area contributed by atoms with Crippen LogP contribution in [0.3, 0.4) is 0 Å². The molecule has 0 radical (unpaired) electrons. The lowest BCUT2D eigenvalue weighted by molar-refractivity contribution is -0.123. The number of aromatic nitrogens is 4. The Morgan fingerprint density at radius 3 is 2.58 bits per heavy atom. The molecule has 1 atom stereocenters. The van der Waals surface area contributed by atoms with Crippen LogP contribution >= 0.6 is 0 Å². The molecule has 2 rings (SSSR count). The molecule has 0 aromatic carbocycles. The zero-order valence-electron chi connectivity index (χ0n) is 15.3. The normalized spacial score (nSPS) is 13.5. The van der Waals surface area contributed by atoms with Crippen molar-refractivity contribution in [1.29, 1.82) is 0 Å². The second-order valence-electron chi connectivity index (χ2n) is 7.80. The van der Waals surface area contributed by atoms with E-state index in [1.807, 2.05) is 0 Å². The van der Waals surface area contributed by atoms with Gasteiger partial charge >= 0.3 is 0 Å². The number of amides is 1. The molecule has 24 heavy (non-hydrogen) atoms. The van der Waals surface area contributed by atoms with Crippen LogP contribution < -0.4 is 10.9 Å². The Hall–Kier alpha value is -2.18. The summed E-state index contributed by atoms with van der Waals surface area (Å²) in [5.74, 6) is 0.299. The SMILES string of the molecule is CC(C)CC(NC(=O)Cn1cnc2c(cnn2C)c1=O)C(C)(C)C. The van der Waals surface area contributed by atoms with E-state index in [4.69, 9.17) is 0 Å². The van der Waals surface area contributed by atoms with Crippen molar-refractivity contribution < 1.29 is 4.79 Å². The highest BCUT2D eigenvalue weighted by molar-refractivity contribution is 5.77. The summed E-state index contributed by atoms with van der Waals surface area (Å²) < 4.78 is 2.87. The third-order valence-corrected chi connectivity index (χ3v) is 4.12. The van der Waals surface area contributed by atoms with E-state index in [1.54, 1.807) is 11.7 Å². The van der Waals surface area contributed by atoms with Gasteiger partial charge < -0.3 is 5.32 Å². The van der Waals surface area contributed by atoms with Crippen LogP contribution in [0.15, 0.2) is 17.3 Å². The van der Waals surface area contributed by atoms with Crippen LogP contribution in [0, 0.1) is 11.3 Å². The Balaban J connectivity index is 2.17. The van der Waals surface area contributed by atoms with E-state index < -0.39 is 0 Å². The van der Waals surface area contributed by atoms with E-state index in [2.05, 4.69) is 50.0 Å². The number of aryl methyl sites for hydroxylation is 1. The maximum atomic E-state index is 12.4. The molecule has 1 unspecified atom stereocenters. The van der Waals surface area contributed by atoms with Crippen LogP contribution in [0.4, 0.5) is 0 Å². The van der Waals surface area contributed by atoms with Crippen LogP contribution in [0.2, 0.25) is 0 Å². The highest BCUT2D eigenvalue weighted by Gasteiger charge is 2.27. The number of nitrogens with one attached hydrogen (secondary N) is 1. The molecule has 0 saturated heterocycles. The lowest BCUT2D eigenvalue weighted by atomic mass is 9.82. The molecule has 2 aromatic rings. The lowest BCUT2D eigenvalue weighted by Crippen LogP contribution is -2.46. The van der Waals surface area contributed by atoms with Gasteiger partial charge in [-0.15, -0.1) is 0 Å². The largest absolute Gasteiger partial charge is 0.351 e. The van der Waals surface area contributed by atoms with E-state index in [9.17, 15) is 9.59 Å². The summed E-state index contributed by atoms with van der Waals surface area (Å²) in [4.78, 5) is 29.1. The highest BCUT2D eigenvalue weighted by atomic mass is 16.2. The summed E-state index contributed by atoms with van der Waals surface area (Å²) in [5.41, 5.74) is 0.222. The van der Waals surface area contributed by atoms with Crippen LogP contribution in [-0.4, -0.2) is 31.3 Å². The van der Waals surface area contributed by atoms with Gasteiger partial charge in [0, 0.05) is 13.1 Å². The maximum absolute atomic E-state index is 12.4. The first-order chi connectivity index (χ1) is 11.1. The predicted octanol–water partition coefficient (Wildman–Crippen LogP) is 1.71. The molecule has 0 saturated carbocycles. The summed E-state index contributed by atoms with van der Waals surface area (Å²) >= 11 is 0. The van der Waals surface area contributed by atoms with Crippen molar-refractivity contribution in [3.63, 3.8) is 0 Å². The van der Waals surface area contributed by atoms with Gasteiger partial charge in [0.15, 0.2) is 5.65 Å². The fourth-order valence-electron chi connectivity index (χ4n) is 2.67. The van der Waals surface area contributed by atoms with Crippen molar-refractivity contribution in [3.8, 4) is 0 Å². The molecule has 0 fully saturated rings. The molecule has 7 nitrogen and oxygen atoms in total. The van der Waals surface area contributed by atoms with Crippen LogP contribution in [0.25, 0.3) is 11.0 Å². The van der Waals surface area contributed by atoms with E-state index in [0.29, 0.717) is 17.0 Å². The topological polar surface area (TPSA) is 81.8 Å². The second-order valence-corrected chi connectivity index (χ2v) is 7.80. The third kappa shape index (κ3) is 4.01. The van der Waals surface area contributed by atoms with Gasteiger partial charge in [0.2, 0.25) is 5.91 Å². The molecule has 132 valence electrons. The summed E-state index contributed by atoms with van der Waals surface area (Å²) in [6, 6.07) is 0.0517. The van der Waals surface area contributed by atoms with E-state index in [-0.39, 0.29) is 29.5 Å². The molecule has 7 heteroatoms. The summed E-state index contributed by atoms with van der Waals surface area (Å²) in [7, 11) is 1.73. The first kappa shape index (κ1) is 18.2. The zero-order valence-corrected chi connectivity index (χ0v) is 15.3. The van der Waals surface area contributed by atoms with E-state index in [0.717, 1.165) is 6.42 Å². The molecule has 1 N–H and O–H groups in total. The molecule has 2 aromatic heterocycles. The fourth-order valence-corrected chi connectivity index (χ4v) is 2.67. The number of carbonyl (C=O) groups is 1. The molecule has 0 aliphatic rings. The van der Waals surface area contributed by atoms with Crippen molar-refractivity contribution in [3.05, 3.63) is 22.9 Å². The first-order valence-electron chi connectivity index (χ1n) is 8.26. The molecular formula is C17H27N5O2. The second kappa shape index (κ2) is 6.75. The third-order valence-electron chi connectivity index (χ3n) is 4.12. The Kier molecular flexibility index (Phi) is 5.11. The molecule has 0 bridgehead atoms. The van der Waals surface area contributed by atoms with Crippen molar-refractivity contribution >= 4 is 16.9 Å². The van der Waals surface area contributed by atoms with E-state index in [1.165, 1.54) is 17.1 Å². The first-order valence-corrected chi connectivity index (χ1v) is 8.26. The molecule has 2 heterocycles. The maximum Gasteiger partial charge on any atom is 0.264 e. The molecule has 1 amide bonds. The van der Waals surface area contributed by atoms with Crippen molar-refractivity contribution in [2.75, 3.05) is 0 Å². The van der Waals surface area contributed by atoms with Gasteiger partial charge in [-0.3, -0.25) is 18.8 Å². The smallest absolute Gasteiger partial charge is 0.264 e. The van der Waals surface area contributed by atoms with Gasteiger partial charge in [-0.2, -0.15) is 5.10 Å². The molecule has 0 aliphatic heterocycles. The van der Waals surface area contributed by atoms with Crippen molar-refractivity contribution in [1.82, 2.24) is 24.6 Å². The van der Waals surface area contributed by atoms with Gasteiger partial charge in [-0.05, 0) is 17.8 Å². The van der Waals surface area contributed by atoms with Crippen LogP contribution in [-0.2, 0) is 18.4 Å². The number of carbonyl (C=O) groups excluding carboxylic acids is 1. The fraction of sp³-hybridized carbons (Fsp3) is 0.647. The summed E-state index contributed by atoms with van der Waals surface area (Å²) in [6.07, 6.45) is 3.78. The number of hydrogen-bond acceptors (Lipinski definition) is 4. The average Bonchev–Trinajstić information content (AvgIpc) is 2.82. The zero-order chi connectivity index (χ0) is 18.1. The molecule has 0 aliphatic carbocycles. The predicted molar refractivity (Wildman–Crippen MR) is 93.6 cm³/mol. The number of nitrogens with zero attached hydrogens (tertiary/aromatic N) is 4.